The Morgan fingerprint density at radius 3 is 2.68 bits per heavy atom. The first kappa shape index (κ1) is 16.1. The minimum atomic E-state index is -2.73. The Kier molecular flexibility index (Phi) is 4.84. The van der Waals surface area contributed by atoms with Gasteiger partial charge in [-0.2, -0.15) is 5.10 Å². The molecule has 120 valence electrons. The summed E-state index contributed by atoms with van der Waals surface area (Å²) in [6, 6.07) is 0. The van der Waals surface area contributed by atoms with Crippen LogP contribution >= 0.6 is 0 Å². The maximum absolute atomic E-state index is 13.2. The van der Waals surface area contributed by atoms with Crippen LogP contribution in [0.4, 0.5) is 14.5 Å². The van der Waals surface area contributed by atoms with Crippen LogP contribution in [0.15, 0.2) is 10.8 Å². The van der Waals surface area contributed by atoms with E-state index in [9.17, 15) is 13.6 Å². The molecular weight excluding hydrogens is 296 g/mol. The van der Waals surface area contributed by atoms with Crippen molar-refractivity contribution in [3.63, 3.8) is 0 Å². The highest BCUT2D eigenvalue weighted by molar-refractivity contribution is 5.92. The molecule has 0 saturated carbocycles. The van der Waals surface area contributed by atoms with Crippen LogP contribution in [-0.2, 0) is 17.8 Å². The SMILES string of the molecule is Cc1nonc1CC(=O)Nc1cnn(CC(C)C)c1C(F)F. The molecular formula is C13H17F2N5O2. The van der Waals surface area contributed by atoms with Crippen molar-refractivity contribution >= 4 is 11.6 Å². The summed E-state index contributed by atoms with van der Waals surface area (Å²) in [4.78, 5) is 11.9. The highest BCUT2D eigenvalue weighted by atomic mass is 19.3. The number of carbonyl (C=O) groups excluding carboxylic acids is 1. The summed E-state index contributed by atoms with van der Waals surface area (Å²) in [7, 11) is 0. The van der Waals surface area contributed by atoms with Gasteiger partial charge in [0.2, 0.25) is 5.91 Å². The molecule has 2 aromatic rings. The standard InChI is InChI=1S/C13H17F2N5O2/c1-7(2)6-20-12(13(14)15)10(5-16-20)17-11(21)4-9-8(3)18-22-19-9/h5,7,13H,4,6H2,1-3H3,(H,17,21). The third-order valence-electron chi connectivity index (χ3n) is 2.97. The second-order valence-electron chi connectivity index (χ2n) is 5.34. The van der Waals surface area contributed by atoms with Gasteiger partial charge >= 0.3 is 0 Å². The number of rotatable bonds is 6. The van der Waals surface area contributed by atoms with Crippen LogP contribution in [0, 0.1) is 12.8 Å². The fourth-order valence-electron chi connectivity index (χ4n) is 1.97. The number of anilines is 1. The summed E-state index contributed by atoms with van der Waals surface area (Å²) in [5, 5.41) is 13.5. The van der Waals surface area contributed by atoms with Gasteiger partial charge in [0.25, 0.3) is 6.43 Å². The van der Waals surface area contributed by atoms with Gasteiger partial charge in [-0.25, -0.2) is 13.4 Å². The maximum atomic E-state index is 13.2. The molecule has 0 aliphatic carbocycles. The number of carbonyl (C=O) groups is 1. The van der Waals surface area contributed by atoms with Crippen molar-refractivity contribution < 1.29 is 18.2 Å². The zero-order valence-corrected chi connectivity index (χ0v) is 12.5. The van der Waals surface area contributed by atoms with Gasteiger partial charge in [0, 0.05) is 6.54 Å². The monoisotopic (exact) mass is 313 g/mol. The number of aromatic nitrogens is 4. The number of alkyl halides is 2. The summed E-state index contributed by atoms with van der Waals surface area (Å²) in [5.41, 5.74) is 0.567. The highest BCUT2D eigenvalue weighted by Gasteiger charge is 2.22. The molecule has 0 unspecified atom stereocenters. The van der Waals surface area contributed by atoms with E-state index in [4.69, 9.17) is 0 Å². The molecule has 2 heterocycles. The molecule has 0 aliphatic rings. The number of hydrogen-bond donors (Lipinski definition) is 1. The largest absolute Gasteiger partial charge is 0.323 e. The molecule has 0 fully saturated rings. The fourth-order valence-corrected chi connectivity index (χ4v) is 1.97. The quantitative estimate of drug-likeness (QED) is 0.884. The molecule has 1 amide bonds. The Bertz CT molecular complexity index is 651. The normalized spacial score (nSPS) is 11.4. The van der Waals surface area contributed by atoms with Crippen LogP contribution in [0.3, 0.4) is 0 Å². The van der Waals surface area contributed by atoms with Crippen molar-refractivity contribution in [3.8, 4) is 0 Å². The van der Waals surface area contributed by atoms with E-state index in [1.54, 1.807) is 6.92 Å². The minimum Gasteiger partial charge on any atom is -0.323 e. The van der Waals surface area contributed by atoms with Crippen LogP contribution in [-0.4, -0.2) is 26.0 Å². The average Bonchev–Trinajstić information content (AvgIpc) is 2.96. The summed E-state index contributed by atoms with van der Waals surface area (Å²) in [6.07, 6.45) is -1.60. The lowest BCUT2D eigenvalue weighted by molar-refractivity contribution is -0.115. The lowest BCUT2D eigenvalue weighted by Crippen LogP contribution is -2.17. The molecule has 9 heteroatoms. The lowest BCUT2D eigenvalue weighted by atomic mass is 10.2. The number of amides is 1. The van der Waals surface area contributed by atoms with Crippen molar-refractivity contribution in [3.05, 3.63) is 23.3 Å². The molecule has 0 bridgehead atoms. The van der Waals surface area contributed by atoms with Crippen LogP contribution in [0.25, 0.3) is 0 Å². The molecule has 2 rings (SSSR count). The van der Waals surface area contributed by atoms with E-state index in [0.29, 0.717) is 17.9 Å². The summed E-state index contributed by atoms with van der Waals surface area (Å²) in [5.74, 6) is -0.324. The van der Waals surface area contributed by atoms with Gasteiger partial charge in [0.05, 0.1) is 18.3 Å². The fraction of sp³-hybridized carbons (Fsp3) is 0.538. The maximum Gasteiger partial charge on any atom is 0.282 e. The van der Waals surface area contributed by atoms with Crippen molar-refractivity contribution in [2.24, 2.45) is 5.92 Å². The molecule has 2 aromatic heterocycles. The Morgan fingerprint density at radius 1 is 1.41 bits per heavy atom. The van der Waals surface area contributed by atoms with E-state index in [0.717, 1.165) is 0 Å². The van der Waals surface area contributed by atoms with E-state index >= 15 is 0 Å². The minimum absolute atomic E-state index is 0.00903. The second kappa shape index (κ2) is 6.63. The van der Waals surface area contributed by atoms with E-state index in [1.165, 1.54) is 10.9 Å². The zero-order chi connectivity index (χ0) is 16.3. The highest BCUT2D eigenvalue weighted by Crippen LogP contribution is 2.27. The van der Waals surface area contributed by atoms with Gasteiger partial charge in [-0.05, 0) is 12.8 Å². The summed E-state index contributed by atoms with van der Waals surface area (Å²) < 4.78 is 32.1. The van der Waals surface area contributed by atoms with Crippen LogP contribution in [0.5, 0.6) is 0 Å². The van der Waals surface area contributed by atoms with Crippen LogP contribution in [0.2, 0.25) is 0 Å². The zero-order valence-electron chi connectivity index (χ0n) is 12.5. The molecule has 7 nitrogen and oxygen atoms in total. The Morgan fingerprint density at radius 2 is 2.14 bits per heavy atom. The van der Waals surface area contributed by atoms with E-state index in [-0.39, 0.29) is 23.7 Å². The number of nitrogens with one attached hydrogen (secondary N) is 1. The average molecular weight is 313 g/mol. The molecule has 22 heavy (non-hydrogen) atoms. The Labute approximate surface area is 125 Å². The van der Waals surface area contributed by atoms with Gasteiger partial charge in [0.1, 0.15) is 17.1 Å². The topological polar surface area (TPSA) is 85.8 Å². The predicted molar refractivity (Wildman–Crippen MR) is 73.4 cm³/mol. The van der Waals surface area contributed by atoms with E-state index < -0.39 is 12.3 Å². The predicted octanol–water partition coefficient (Wildman–Crippen LogP) is 2.35. The second-order valence-corrected chi connectivity index (χ2v) is 5.34. The van der Waals surface area contributed by atoms with E-state index in [2.05, 4.69) is 25.4 Å². The van der Waals surface area contributed by atoms with Crippen molar-refractivity contribution in [1.29, 1.82) is 0 Å². The van der Waals surface area contributed by atoms with Crippen molar-refractivity contribution in [2.45, 2.75) is 40.2 Å². The molecule has 0 aliphatic heterocycles. The number of hydrogen-bond acceptors (Lipinski definition) is 5. The van der Waals surface area contributed by atoms with E-state index in [1.807, 2.05) is 13.8 Å². The molecule has 0 saturated heterocycles. The van der Waals surface area contributed by atoms with Gasteiger partial charge in [-0.15, -0.1) is 0 Å². The molecule has 1 N–H and O–H groups in total. The third kappa shape index (κ3) is 3.66. The van der Waals surface area contributed by atoms with Gasteiger partial charge < -0.3 is 5.32 Å². The van der Waals surface area contributed by atoms with Gasteiger partial charge in [-0.3, -0.25) is 9.48 Å². The van der Waals surface area contributed by atoms with Crippen molar-refractivity contribution in [1.82, 2.24) is 20.1 Å². The molecule has 0 spiro atoms. The first-order valence-corrected chi connectivity index (χ1v) is 6.80. The molecule has 0 atom stereocenters. The lowest BCUT2D eigenvalue weighted by Gasteiger charge is -2.11. The van der Waals surface area contributed by atoms with Gasteiger partial charge in [0.15, 0.2) is 0 Å². The number of aryl methyl sites for hydroxylation is 1. The summed E-state index contributed by atoms with van der Waals surface area (Å²) >= 11 is 0. The first-order valence-electron chi connectivity index (χ1n) is 6.80. The number of nitrogens with zero attached hydrogens (tertiary/aromatic N) is 4. The Hall–Kier alpha value is -2.32. The third-order valence-corrected chi connectivity index (χ3v) is 2.97. The first-order chi connectivity index (χ1) is 10.4. The van der Waals surface area contributed by atoms with Crippen molar-refractivity contribution in [2.75, 3.05) is 5.32 Å². The molecule has 0 radical (unpaired) electrons. The smallest absolute Gasteiger partial charge is 0.282 e. The van der Waals surface area contributed by atoms with Crippen LogP contribution in [0.1, 0.15) is 37.4 Å². The summed E-state index contributed by atoms with van der Waals surface area (Å²) in [6.45, 7) is 5.79. The van der Waals surface area contributed by atoms with Crippen LogP contribution < -0.4 is 5.32 Å². The number of halogens is 2. The molecule has 0 aromatic carbocycles. The van der Waals surface area contributed by atoms with Gasteiger partial charge in [-0.1, -0.05) is 24.2 Å². The Balaban J connectivity index is 2.13.